The number of halogens is 1. The summed E-state index contributed by atoms with van der Waals surface area (Å²) in [4.78, 5) is 0. The van der Waals surface area contributed by atoms with E-state index in [9.17, 15) is 0 Å². The molecule has 2 rings (SSSR count). The van der Waals surface area contributed by atoms with Crippen LogP contribution in [-0.2, 0) is 18.6 Å². The topological polar surface area (TPSA) is 21.3 Å². The van der Waals surface area contributed by atoms with E-state index in [1.54, 1.807) is 7.11 Å². The summed E-state index contributed by atoms with van der Waals surface area (Å²) >= 11 is 4.40. The largest absolute Gasteiger partial charge is 0.496 e. The molecule has 0 saturated carbocycles. The highest BCUT2D eigenvalue weighted by Gasteiger charge is 2.22. The molecule has 0 radical (unpaired) electrons. The molecule has 0 aromatic heterocycles. The van der Waals surface area contributed by atoms with E-state index in [4.69, 9.17) is 4.74 Å². The Kier molecular flexibility index (Phi) is 5.63. The summed E-state index contributed by atoms with van der Waals surface area (Å²) in [5, 5.41) is 3.36. The average Bonchev–Trinajstić information content (AvgIpc) is 2.36. The molecule has 2 nitrogen and oxygen atoms in total. The van der Waals surface area contributed by atoms with Gasteiger partial charge in [0.15, 0.2) is 0 Å². The number of benzene rings is 1. The van der Waals surface area contributed by atoms with Crippen molar-refractivity contribution in [1.29, 1.82) is 0 Å². The van der Waals surface area contributed by atoms with E-state index in [1.165, 1.54) is 23.1 Å². The van der Waals surface area contributed by atoms with Crippen LogP contribution in [0.25, 0.3) is 0 Å². The lowest BCUT2D eigenvalue weighted by atomic mass is 9.85. The van der Waals surface area contributed by atoms with Gasteiger partial charge in [-0.25, -0.2) is 0 Å². The first-order chi connectivity index (χ1) is 7.80. The van der Waals surface area contributed by atoms with Crippen molar-refractivity contribution in [1.82, 2.24) is 5.32 Å². The minimum absolute atomic E-state index is 0. The quantitative estimate of drug-likeness (QED) is 0.826. The fourth-order valence-corrected chi connectivity index (χ4v) is 2.80. The zero-order valence-corrected chi connectivity index (χ0v) is 12.0. The van der Waals surface area contributed by atoms with Crippen molar-refractivity contribution in [3.63, 3.8) is 0 Å². The molecule has 0 bridgehead atoms. The molecule has 0 heterocycles. The van der Waals surface area contributed by atoms with Crippen LogP contribution in [0.4, 0.5) is 0 Å². The third kappa shape index (κ3) is 2.90. The SMILES string of the molecule is CNC1CCc2c(CS)ccc(OC)c2C1.Cl. The van der Waals surface area contributed by atoms with Crippen molar-refractivity contribution in [2.24, 2.45) is 0 Å². The molecule has 0 aliphatic heterocycles. The molecule has 4 heteroatoms. The fraction of sp³-hybridized carbons (Fsp3) is 0.538. The number of thiol groups is 1. The van der Waals surface area contributed by atoms with E-state index >= 15 is 0 Å². The Morgan fingerprint density at radius 3 is 2.76 bits per heavy atom. The molecule has 1 N–H and O–H groups in total. The summed E-state index contributed by atoms with van der Waals surface area (Å²) < 4.78 is 5.45. The second-order valence-electron chi connectivity index (χ2n) is 4.27. The monoisotopic (exact) mass is 273 g/mol. The lowest BCUT2D eigenvalue weighted by molar-refractivity contribution is 0.398. The smallest absolute Gasteiger partial charge is 0.122 e. The number of nitrogens with one attached hydrogen (secondary N) is 1. The van der Waals surface area contributed by atoms with Gasteiger partial charge in [0.25, 0.3) is 0 Å². The zero-order valence-electron chi connectivity index (χ0n) is 10.3. The molecule has 1 aromatic carbocycles. The maximum atomic E-state index is 5.45. The molecule has 0 amide bonds. The summed E-state index contributed by atoms with van der Waals surface area (Å²) in [6.07, 6.45) is 3.40. The van der Waals surface area contributed by atoms with Crippen molar-refractivity contribution in [3.05, 3.63) is 28.8 Å². The lowest BCUT2D eigenvalue weighted by Crippen LogP contribution is -2.32. The Balaban J connectivity index is 0.00000144. The van der Waals surface area contributed by atoms with Crippen LogP contribution < -0.4 is 10.1 Å². The van der Waals surface area contributed by atoms with Crippen LogP contribution in [0.5, 0.6) is 5.75 Å². The molecular weight excluding hydrogens is 254 g/mol. The number of fused-ring (bicyclic) bond motifs is 1. The van der Waals surface area contributed by atoms with Crippen LogP contribution in [0.2, 0.25) is 0 Å². The molecule has 96 valence electrons. The summed E-state index contributed by atoms with van der Waals surface area (Å²) in [6.45, 7) is 0. The molecule has 1 unspecified atom stereocenters. The standard InChI is InChI=1S/C13H19NOS.ClH/c1-14-10-4-5-11-9(8-16)3-6-13(15-2)12(11)7-10;/h3,6,10,14,16H,4-5,7-8H2,1-2H3;1H. The van der Waals surface area contributed by atoms with Crippen LogP contribution in [-0.4, -0.2) is 20.2 Å². The van der Waals surface area contributed by atoms with Crippen molar-refractivity contribution in [2.45, 2.75) is 31.1 Å². The van der Waals surface area contributed by atoms with Gasteiger partial charge in [-0.3, -0.25) is 0 Å². The molecule has 1 aromatic rings. The Morgan fingerprint density at radius 1 is 1.41 bits per heavy atom. The number of methoxy groups -OCH3 is 1. The predicted molar refractivity (Wildman–Crippen MR) is 77.8 cm³/mol. The maximum absolute atomic E-state index is 5.45. The van der Waals surface area contributed by atoms with E-state index in [0.29, 0.717) is 6.04 Å². The minimum Gasteiger partial charge on any atom is -0.496 e. The predicted octanol–water partition coefficient (Wildman–Crippen LogP) is 2.62. The highest BCUT2D eigenvalue weighted by atomic mass is 35.5. The average molecular weight is 274 g/mol. The van der Waals surface area contributed by atoms with Crippen LogP contribution >= 0.6 is 25.0 Å². The number of rotatable bonds is 3. The van der Waals surface area contributed by atoms with Crippen LogP contribution in [0.1, 0.15) is 23.1 Å². The Bertz CT molecular complexity index is 384. The Hall–Kier alpha value is -0.380. The lowest BCUT2D eigenvalue weighted by Gasteiger charge is -2.27. The van der Waals surface area contributed by atoms with Crippen LogP contribution in [0, 0.1) is 0 Å². The van der Waals surface area contributed by atoms with E-state index in [1.807, 2.05) is 7.05 Å². The highest BCUT2D eigenvalue weighted by Crippen LogP contribution is 2.32. The summed E-state index contributed by atoms with van der Waals surface area (Å²) in [5.74, 6) is 1.84. The maximum Gasteiger partial charge on any atom is 0.122 e. The van der Waals surface area contributed by atoms with Crippen LogP contribution in [0.15, 0.2) is 12.1 Å². The Morgan fingerprint density at radius 2 is 2.18 bits per heavy atom. The highest BCUT2D eigenvalue weighted by molar-refractivity contribution is 7.79. The number of ether oxygens (including phenoxy) is 1. The normalized spacial score (nSPS) is 18.2. The van der Waals surface area contributed by atoms with E-state index < -0.39 is 0 Å². The summed E-state index contributed by atoms with van der Waals surface area (Å²) in [5.41, 5.74) is 4.19. The second-order valence-corrected chi connectivity index (χ2v) is 4.59. The zero-order chi connectivity index (χ0) is 11.5. The molecule has 1 aliphatic carbocycles. The molecule has 0 fully saturated rings. The van der Waals surface area contributed by atoms with Crippen molar-refractivity contribution < 1.29 is 4.74 Å². The van der Waals surface area contributed by atoms with Gasteiger partial charge in [0.1, 0.15) is 5.75 Å². The third-order valence-corrected chi connectivity index (χ3v) is 3.82. The first-order valence-electron chi connectivity index (χ1n) is 5.76. The number of hydrogen-bond acceptors (Lipinski definition) is 3. The van der Waals surface area contributed by atoms with Gasteiger partial charge in [0.05, 0.1) is 7.11 Å². The van der Waals surface area contributed by atoms with Gasteiger partial charge in [-0.15, -0.1) is 12.4 Å². The van der Waals surface area contributed by atoms with Gasteiger partial charge in [-0.1, -0.05) is 6.07 Å². The van der Waals surface area contributed by atoms with E-state index in [0.717, 1.165) is 24.3 Å². The molecule has 1 aliphatic rings. The molecule has 17 heavy (non-hydrogen) atoms. The van der Waals surface area contributed by atoms with Gasteiger partial charge in [0, 0.05) is 11.8 Å². The van der Waals surface area contributed by atoms with Gasteiger partial charge in [-0.05, 0) is 49.1 Å². The van der Waals surface area contributed by atoms with Crippen LogP contribution in [0.3, 0.4) is 0 Å². The molecule has 1 atom stereocenters. The first kappa shape index (κ1) is 14.7. The number of likely N-dealkylation sites (N-methyl/N-ethyl adjacent to an activating group) is 1. The fourth-order valence-electron chi connectivity index (χ4n) is 2.51. The minimum atomic E-state index is 0. The van der Waals surface area contributed by atoms with E-state index in [-0.39, 0.29) is 12.4 Å². The molecule has 0 saturated heterocycles. The summed E-state index contributed by atoms with van der Waals surface area (Å²) in [6, 6.07) is 4.80. The summed E-state index contributed by atoms with van der Waals surface area (Å²) in [7, 11) is 3.78. The van der Waals surface area contributed by atoms with Crippen molar-refractivity contribution in [2.75, 3.05) is 14.2 Å². The molecular formula is C13H20ClNOS. The van der Waals surface area contributed by atoms with Crippen molar-refractivity contribution in [3.8, 4) is 5.75 Å². The molecule has 0 spiro atoms. The second kappa shape index (κ2) is 6.53. The van der Waals surface area contributed by atoms with Gasteiger partial charge in [-0.2, -0.15) is 12.6 Å². The van der Waals surface area contributed by atoms with Gasteiger partial charge in [0.2, 0.25) is 0 Å². The third-order valence-electron chi connectivity index (χ3n) is 3.48. The number of hydrogen-bond donors (Lipinski definition) is 2. The Labute approximate surface area is 115 Å². The van der Waals surface area contributed by atoms with E-state index in [2.05, 4.69) is 30.1 Å². The van der Waals surface area contributed by atoms with Crippen molar-refractivity contribution >= 4 is 25.0 Å². The van der Waals surface area contributed by atoms with Gasteiger partial charge >= 0.3 is 0 Å². The first-order valence-corrected chi connectivity index (χ1v) is 6.39. The van der Waals surface area contributed by atoms with Gasteiger partial charge < -0.3 is 10.1 Å².